The van der Waals surface area contributed by atoms with Crippen LogP contribution in [-0.4, -0.2) is 28.4 Å². The Bertz CT molecular complexity index is 2850. The maximum absolute atomic E-state index is 15.9. The minimum absolute atomic E-state index is 0.392. The van der Waals surface area contributed by atoms with Crippen molar-refractivity contribution in [3.63, 3.8) is 0 Å². The molecule has 8 aromatic rings. The second-order valence-electron chi connectivity index (χ2n) is 17.5. The van der Waals surface area contributed by atoms with Crippen LogP contribution in [0.15, 0.2) is 158 Å². The summed E-state index contributed by atoms with van der Waals surface area (Å²) < 4.78 is 70.1. The molecular weight excluding hydrogens is 1010 g/mol. The first-order chi connectivity index (χ1) is 34.5. The fraction of sp³-hybridized carbons (Fsp3) is 0.233. The van der Waals surface area contributed by atoms with Gasteiger partial charge in [-0.15, -0.1) is 23.5 Å². The van der Waals surface area contributed by atoms with Crippen LogP contribution in [0.25, 0.3) is 21.4 Å². The van der Waals surface area contributed by atoms with Crippen molar-refractivity contribution in [3.05, 3.63) is 235 Å². The number of hydrogen-bond donors (Lipinski definition) is 0. The van der Waals surface area contributed by atoms with Crippen molar-refractivity contribution < 1.29 is 45.8 Å². The zero-order valence-corrected chi connectivity index (χ0v) is 43.2. The van der Waals surface area contributed by atoms with Gasteiger partial charge < -0.3 is 29.6 Å². The monoisotopic (exact) mass is 1060 g/mol. The second-order valence-corrected chi connectivity index (χ2v) is 17.5. The normalized spacial score (nSPS) is 14.0. The first kappa shape index (κ1) is 51.0. The number of ether oxygens (including phenoxy) is 4. The Hall–Kier alpha value is -6.42. The topological polar surface area (TPSA) is 65.1 Å². The van der Waals surface area contributed by atoms with E-state index in [-0.39, 0.29) is 0 Å². The van der Waals surface area contributed by atoms with Gasteiger partial charge in [-0.25, -0.2) is 0 Å². The van der Waals surface area contributed by atoms with Gasteiger partial charge in [-0.2, -0.15) is 13.2 Å². The first-order valence-corrected chi connectivity index (χ1v) is 25.9. The number of alkyl halides is 3. The Morgan fingerprint density at radius 1 is 0.507 bits per heavy atom. The second kappa shape index (κ2) is 22.3. The molecule has 0 radical (unpaired) electrons. The Kier molecular flexibility index (Phi) is 16.0. The first-order valence-electron chi connectivity index (χ1n) is 23.4. The number of benzene rings is 8. The van der Waals surface area contributed by atoms with Crippen molar-refractivity contribution in [2.24, 2.45) is 0 Å². The summed E-state index contributed by atoms with van der Waals surface area (Å²) in [6.45, 7) is 6.41. The van der Waals surface area contributed by atoms with Gasteiger partial charge in [-0.1, -0.05) is 150 Å². The van der Waals surface area contributed by atoms with Crippen molar-refractivity contribution >= 4 is 36.4 Å². The number of aryl methyl sites for hydroxylation is 3. The molecule has 2 atom stereocenters. The molecule has 11 heteroatoms. The summed E-state index contributed by atoms with van der Waals surface area (Å²) in [5.74, 6) is 1.01. The van der Waals surface area contributed by atoms with Crippen molar-refractivity contribution in [1.29, 1.82) is 0 Å². The fourth-order valence-corrected chi connectivity index (χ4v) is 10.2. The van der Waals surface area contributed by atoms with Gasteiger partial charge >= 0.3 is 34.1 Å². The summed E-state index contributed by atoms with van der Waals surface area (Å²) in [6.07, 6.45) is -3.17. The van der Waals surface area contributed by atoms with Gasteiger partial charge in [0, 0.05) is 11.8 Å². The van der Waals surface area contributed by atoms with Crippen molar-refractivity contribution in [3.8, 4) is 23.0 Å². The van der Waals surface area contributed by atoms with E-state index >= 15 is 13.2 Å². The number of halogens is 4. The maximum atomic E-state index is 15.9. The van der Waals surface area contributed by atoms with Crippen LogP contribution in [0.5, 0.6) is 23.0 Å². The molecule has 1 aliphatic rings. The molecule has 8 aromatic carbocycles. The Morgan fingerprint density at radius 2 is 0.845 bits per heavy atom. The number of hydrogen-bond acceptors (Lipinski definition) is 4. The Morgan fingerprint density at radius 3 is 1.15 bits per heavy atom. The molecule has 0 spiro atoms. The summed E-state index contributed by atoms with van der Waals surface area (Å²) in [5, 5.41) is 13.8. The molecule has 0 saturated heterocycles. The van der Waals surface area contributed by atoms with Crippen molar-refractivity contribution in [2.45, 2.75) is 63.7 Å². The summed E-state index contributed by atoms with van der Waals surface area (Å²) >= 11 is 6.25. The average Bonchev–Trinajstić information content (AvgIpc) is 3.70. The number of rotatable bonds is 16. The molecule has 0 fully saturated rings. The van der Waals surface area contributed by atoms with E-state index in [2.05, 4.69) is 91.2 Å². The van der Waals surface area contributed by atoms with E-state index in [9.17, 15) is 0 Å². The predicted octanol–water partition coefficient (Wildman–Crippen LogP) is 17.0. The number of methoxy groups -OCH3 is 4. The van der Waals surface area contributed by atoms with E-state index in [4.69, 9.17) is 29.6 Å². The van der Waals surface area contributed by atoms with Gasteiger partial charge in [-0.05, 0) is 113 Å². The van der Waals surface area contributed by atoms with Crippen LogP contribution in [0, 0.1) is 6.92 Å². The molecule has 2 unspecified atom stereocenters. The van der Waals surface area contributed by atoms with Crippen molar-refractivity contribution in [1.82, 2.24) is 0 Å². The SMILES string of the molecule is CCc1cc(C)cc(CC)c1[N-]C1c2cccc3cccc(c23)C1[N-]c1c(C(c2ccc(OC)cc2)c2ccc(OC)cc2)cc(C(F)(F)F)cc1C(c1ccc(OC)cc1)c1ccc(OC)cc1.[Ni][Br]. The third-order valence-corrected chi connectivity index (χ3v) is 13.5. The van der Waals surface area contributed by atoms with E-state index in [1.165, 1.54) is 17.7 Å². The van der Waals surface area contributed by atoms with Crippen LogP contribution in [0.2, 0.25) is 0 Å². The van der Waals surface area contributed by atoms with Crippen LogP contribution >= 0.6 is 14.2 Å². The minimum atomic E-state index is -4.73. The average molecular weight is 1060 g/mol. The molecule has 0 aromatic heterocycles. The molecule has 369 valence electrons. The molecular formula is C60H55BrF3N2NiO4-2. The van der Waals surface area contributed by atoms with Crippen molar-refractivity contribution in [2.75, 3.05) is 28.4 Å². The van der Waals surface area contributed by atoms with E-state index in [1.54, 1.807) is 28.4 Å². The standard InChI is InChI=1S/C60H55F3N2O4.BrH.Ni/c1-8-37-32-36(3)33-38(9-2)56(37)64-58-49-14-10-12-39-13-11-15-50(55(39)49)59(58)65-57-51(53(40-16-24-45(66-4)25-17-40)41-18-26-46(67-5)27-19-41)34-44(60(61,62)63)35-52(57)54(42-20-28-47(68-6)29-21-42)43-22-30-48(69-7)31-23-43;;/h10-35,53-54,58-59H,8-9H2,1-7H3;1H;/q-2;;+1/p-1. The molecule has 9 rings (SSSR count). The zero-order valence-electron chi connectivity index (χ0n) is 40.6. The fourth-order valence-electron chi connectivity index (χ4n) is 10.2. The van der Waals surface area contributed by atoms with E-state index in [0.29, 0.717) is 39.8 Å². The predicted molar refractivity (Wildman–Crippen MR) is 280 cm³/mol. The molecule has 0 amide bonds. The van der Waals surface area contributed by atoms with Gasteiger partial charge in [0.15, 0.2) is 0 Å². The Labute approximate surface area is 430 Å². The summed E-state index contributed by atoms with van der Waals surface area (Å²) in [7, 11) is 6.37. The summed E-state index contributed by atoms with van der Waals surface area (Å²) in [6, 6.07) is 48.5. The van der Waals surface area contributed by atoms with Gasteiger partial charge in [0.05, 0.1) is 34.0 Å². The van der Waals surface area contributed by atoms with Crippen LogP contribution in [0.1, 0.15) is 105 Å². The zero-order chi connectivity index (χ0) is 50.4. The molecule has 0 aliphatic heterocycles. The van der Waals surface area contributed by atoms with Crippen LogP contribution < -0.4 is 18.9 Å². The molecule has 1 aliphatic carbocycles. The van der Waals surface area contributed by atoms with Crippen LogP contribution in [-0.2, 0) is 32.7 Å². The molecule has 0 bridgehead atoms. The molecule has 6 nitrogen and oxygen atoms in total. The van der Waals surface area contributed by atoms with Gasteiger partial charge in [0.1, 0.15) is 23.0 Å². The van der Waals surface area contributed by atoms with Crippen LogP contribution in [0.4, 0.5) is 24.5 Å². The Balaban J connectivity index is 0.00000334. The quantitative estimate of drug-likeness (QED) is 0.0714. The van der Waals surface area contributed by atoms with Gasteiger partial charge in [0.25, 0.3) is 0 Å². The molecule has 0 saturated carbocycles. The molecule has 0 N–H and O–H groups in total. The van der Waals surface area contributed by atoms with E-state index in [0.717, 1.165) is 73.8 Å². The van der Waals surface area contributed by atoms with Crippen LogP contribution in [0.3, 0.4) is 0 Å². The third-order valence-electron chi connectivity index (χ3n) is 13.5. The molecule has 71 heavy (non-hydrogen) atoms. The van der Waals surface area contributed by atoms with Gasteiger partial charge in [0.2, 0.25) is 0 Å². The third kappa shape index (κ3) is 10.5. The summed E-state index contributed by atoms with van der Waals surface area (Å²) in [4.78, 5) is 0. The molecule has 0 heterocycles. The summed E-state index contributed by atoms with van der Waals surface area (Å²) in [5.41, 5.74) is 9.85. The van der Waals surface area contributed by atoms with E-state index in [1.807, 2.05) is 103 Å². The van der Waals surface area contributed by atoms with Gasteiger partial charge in [-0.3, -0.25) is 0 Å². The number of nitrogens with zero attached hydrogens (tertiary/aromatic N) is 2. The van der Waals surface area contributed by atoms with E-state index < -0.39 is 35.7 Å².